The number of thiazole rings is 1. The predicted octanol–water partition coefficient (Wildman–Crippen LogP) is 4.62. The van der Waals surface area contributed by atoms with Gasteiger partial charge in [0, 0.05) is 61.3 Å². The van der Waals surface area contributed by atoms with E-state index in [0.717, 1.165) is 88.5 Å². The van der Waals surface area contributed by atoms with Crippen molar-refractivity contribution in [1.82, 2.24) is 24.8 Å². The fourth-order valence-electron chi connectivity index (χ4n) is 5.68. The van der Waals surface area contributed by atoms with Gasteiger partial charge in [-0.05, 0) is 56.1 Å². The van der Waals surface area contributed by atoms with Crippen LogP contribution in [-0.2, 0) is 6.54 Å². The molecule has 0 bridgehead atoms. The molecule has 0 atom stereocenters. The van der Waals surface area contributed by atoms with Crippen LogP contribution in [0.1, 0.15) is 42.1 Å². The van der Waals surface area contributed by atoms with E-state index in [9.17, 15) is 0 Å². The number of rotatable bonds is 4. The van der Waals surface area contributed by atoms with Gasteiger partial charge in [-0.3, -0.25) is 0 Å². The zero-order valence-electron chi connectivity index (χ0n) is 23.4. The van der Waals surface area contributed by atoms with Crippen LogP contribution in [0, 0.1) is 13.8 Å². The van der Waals surface area contributed by atoms with Gasteiger partial charge in [-0.15, -0.1) is 0 Å². The molecule has 204 valence electrons. The molecule has 0 aliphatic carbocycles. The number of nitrogens with two attached hydrogens (primary N) is 1. The minimum Gasteiger partial charge on any atom is -0.491 e. The molecule has 9 nitrogen and oxygen atoms in total. The Labute approximate surface area is 233 Å². The molecule has 2 aliphatic rings. The molecule has 0 radical (unpaired) electrons. The quantitative estimate of drug-likeness (QED) is 0.395. The number of hydrogen-bond acceptors (Lipinski definition) is 10. The maximum Gasteiger partial charge on any atom is 0.227 e. The third-order valence-electron chi connectivity index (χ3n) is 7.69. The van der Waals surface area contributed by atoms with Gasteiger partial charge < -0.3 is 25.2 Å². The Balaban J connectivity index is 1.39. The first-order valence-corrected chi connectivity index (χ1v) is 14.4. The summed E-state index contributed by atoms with van der Waals surface area (Å²) in [6.07, 6.45) is 1.91. The SMILES string of the molecule is Cc1cc(-c2cnc3sc(N)nc3c2)cc2c1OCCN(c1nc(N3CCN(C)CC3)nc(C)c1C(C)C)C2. The van der Waals surface area contributed by atoms with Crippen LogP contribution in [0.25, 0.3) is 21.5 Å². The van der Waals surface area contributed by atoms with Gasteiger partial charge in [-0.2, -0.15) is 4.98 Å². The highest BCUT2D eigenvalue weighted by Crippen LogP contribution is 2.37. The van der Waals surface area contributed by atoms with Gasteiger partial charge in [0.2, 0.25) is 5.95 Å². The Morgan fingerprint density at radius 3 is 2.51 bits per heavy atom. The first-order valence-electron chi connectivity index (χ1n) is 13.6. The number of fused-ring (bicyclic) bond motifs is 2. The molecule has 1 aromatic carbocycles. The van der Waals surface area contributed by atoms with E-state index >= 15 is 0 Å². The van der Waals surface area contributed by atoms with Crippen molar-refractivity contribution < 1.29 is 4.74 Å². The second-order valence-corrected chi connectivity index (χ2v) is 12.0. The van der Waals surface area contributed by atoms with Gasteiger partial charge >= 0.3 is 0 Å². The normalized spacial score (nSPS) is 16.5. The van der Waals surface area contributed by atoms with Crippen molar-refractivity contribution in [1.29, 1.82) is 0 Å². The van der Waals surface area contributed by atoms with E-state index in [1.54, 1.807) is 0 Å². The van der Waals surface area contributed by atoms with Crippen LogP contribution in [-0.4, -0.2) is 71.2 Å². The minimum absolute atomic E-state index is 0.307. The molecule has 1 saturated heterocycles. The monoisotopic (exact) mass is 544 g/mol. The Bertz CT molecular complexity index is 1530. The number of aromatic nitrogens is 4. The summed E-state index contributed by atoms with van der Waals surface area (Å²) >= 11 is 1.41. The van der Waals surface area contributed by atoms with Gasteiger partial charge in [0.25, 0.3) is 0 Å². The molecule has 5 heterocycles. The van der Waals surface area contributed by atoms with Crippen LogP contribution in [0.15, 0.2) is 24.4 Å². The summed E-state index contributed by atoms with van der Waals surface area (Å²) < 4.78 is 6.34. The van der Waals surface area contributed by atoms with Crippen molar-refractivity contribution in [2.45, 2.75) is 40.2 Å². The molecule has 39 heavy (non-hydrogen) atoms. The average Bonchev–Trinajstić information content (AvgIpc) is 3.13. The Hall–Kier alpha value is -3.50. The second-order valence-electron chi connectivity index (χ2n) is 10.9. The average molecular weight is 545 g/mol. The van der Waals surface area contributed by atoms with Crippen LogP contribution in [0.4, 0.5) is 16.9 Å². The summed E-state index contributed by atoms with van der Waals surface area (Å²) in [7, 11) is 2.17. The fraction of sp³-hybridized carbons (Fsp3) is 0.448. The maximum atomic E-state index is 6.34. The van der Waals surface area contributed by atoms with Crippen molar-refractivity contribution in [3.8, 4) is 16.9 Å². The summed E-state index contributed by atoms with van der Waals surface area (Å²) in [5.41, 5.74) is 13.4. The maximum absolute atomic E-state index is 6.34. The number of nitrogens with zero attached hydrogens (tertiary/aromatic N) is 7. The zero-order valence-corrected chi connectivity index (χ0v) is 24.2. The summed E-state index contributed by atoms with van der Waals surface area (Å²) in [6.45, 7) is 14.7. The van der Waals surface area contributed by atoms with Crippen LogP contribution >= 0.6 is 11.3 Å². The largest absolute Gasteiger partial charge is 0.491 e. The molecule has 3 aromatic heterocycles. The first kappa shape index (κ1) is 25.8. The number of pyridine rings is 1. The molecule has 0 saturated carbocycles. The van der Waals surface area contributed by atoms with Crippen LogP contribution < -0.4 is 20.3 Å². The van der Waals surface area contributed by atoms with Gasteiger partial charge in [-0.25, -0.2) is 15.0 Å². The molecule has 10 heteroatoms. The highest BCUT2D eigenvalue weighted by Gasteiger charge is 2.26. The number of hydrogen-bond donors (Lipinski definition) is 1. The molecular weight excluding hydrogens is 508 g/mol. The second kappa shape index (κ2) is 10.2. The van der Waals surface area contributed by atoms with Crippen LogP contribution in [0.2, 0.25) is 0 Å². The Morgan fingerprint density at radius 2 is 1.74 bits per heavy atom. The topological polar surface area (TPSA) is 96.5 Å². The first-order chi connectivity index (χ1) is 18.8. The van der Waals surface area contributed by atoms with Gasteiger partial charge in [0.15, 0.2) is 5.13 Å². The highest BCUT2D eigenvalue weighted by atomic mass is 32.1. The van der Waals surface area contributed by atoms with Crippen LogP contribution in [0.5, 0.6) is 5.75 Å². The molecular formula is C29H36N8OS. The molecule has 0 amide bonds. The van der Waals surface area contributed by atoms with Crippen molar-refractivity contribution >= 4 is 38.6 Å². The lowest BCUT2D eigenvalue weighted by Crippen LogP contribution is -2.45. The third kappa shape index (κ3) is 4.98. The summed E-state index contributed by atoms with van der Waals surface area (Å²) in [4.78, 5) is 27.2. The smallest absolute Gasteiger partial charge is 0.227 e. The van der Waals surface area contributed by atoms with E-state index < -0.39 is 0 Å². The number of piperazine rings is 1. The number of anilines is 3. The third-order valence-corrected chi connectivity index (χ3v) is 8.49. The Morgan fingerprint density at radius 1 is 0.949 bits per heavy atom. The summed E-state index contributed by atoms with van der Waals surface area (Å²) in [6, 6.07) is 6.47. The van der Waals surface area contributed by atoms with E-state index in [1.165, 1.54) is 16.9 Å². The number of aryl methyl sites for hydroxylation is 2. The minimum atomic E-state index is 0.307. The predicted molar refractivity (Wildman–Crippen MR) is 159 cm³/mol. The number of ether oxygens (including phenoxy) is 1. The van der Waals surface area contributed by atoms with Crippen LogP contribution in [0.3, 0.4) is 0 Å². The molecule has 0 unspecified atom stereocenters. The lowest BCUT2D eigenvalue weighted by atomic mass is 9.99. The lowest BCUT2D eigenvalue weighted by Gasteiger charge is -2.34. The van der Waals surface area contributed by atoms with E-state index in [0.29, 0.717) is 24.2 Å². The van der Waals surface area contributed by atoms with Gasteiger partial charge in [0.1, 0.15) is 28.5 Å². The Kier molecular flexibility index (Phi) is 6.76. The number of benzene rings is 1. The number of nitrogen functional groups attached to an aromatic ring is 1. The van der Waals surface area contributed by atoms with E-state index in [1.807, 2.05) is 6.20 Å². The molecule has 1 fully saturated rings. The molecule has 2 aliphatic heterocycles. The zero-order chi connectivity index (χ0) is 27.3. The van der Waals surface area contributed by atoms with E-state index in [2.05, 4.69) is 77.6 Å². The van der Waals surface area contributed by atoms with Gasteiger partial charge in [0.05, 0.1) is 6.54 Å². The summed E-state index contributed by atoms with van der Waals surface area (Å²) in [5, 5.41) is 0.536. The lowest BCUT2D eigenvalue weighted by molar-refractivity contribution is 0.311. The molecule has 2 N–H and O–H groups in total. The molecule has 0 spiro atoms. The van der Waals surface area contributed by atoms with E-state index in [4.69, 9.17) is 20.4 Å². The number of likely N-dealkylation sites (N-methyl/N-ethyl adjacent to an activating group) is 1. The molecule has 6 rings (SSSR count). The van der Waals surface area contributed by atoms with Crippen molar-refractivity contribution in [3.63, 3.8) is 0 Å². The van der Waals surface area contributed by atoms with Crippen molar-refractivity contribution in [2.24, 2.45) is 0 Å². The standard InChI is InChI=1S/C29H36N8OS/c1-17(2)24-19(4)32-29(36-8-6-35(5)7-9-36)34-26(24)37-10-11-38-25-18(3)12-20(13-22(25)16-37)21-14-23-27(31-15-21)39-28(30)33-23/h12-15,17H,6-11,16H2,1-5H3,(H2,30,33). The van der Waals surface area contributed by atoms with Crippen molar-refractivity contribution in [2.75, 3.05) is 61.9 Å². The van der Waals surface area contributed by atoms with Crippen molar-refractivity contribution in [3.05, 3.63) is 46.8 Å². The highest BCUT2D eigenvalue weighted by molar-refractivity contribution is 7.21. The van der Waals surface area contributed by atoms with E-state index in [-0.39, 0.29) is 0 Å². The fourth-order valence-corrected chi connectivity index (χ4v) is 6.33. The molecule has 4 aromatic rings. The summed E-state index contributed by atoms with van der Waals surface area (Å²) in [5.74, 6) is 3.12. The van der Waals surface area contributed by atoms with Gasteiger partial charge in [-0.1, -0.05) is 25.2 Å².